The number of allylic oxidation sites excluding steroid dienone is 8. The topological polar surface area (TPSA) is 41.8 Å². The Bertz CT molecular complexity index is 582. The van der Waals surface area contributed by atoms with Gasteiger partial charge in [-0.1, -0.05) is 50.5 Å². The SMILES string of the molecule is C#C.C=C/C=C(C=C)/C=N/C(/C=C/OC)=C(/C=C\C)C(\O)=C/CC. The predicted molar refractivity (Wildman–Crippen MR) is 106 cm³/mol. The average Bonchev–Trinajstić information content (AvgIpc) is 2.61. The molecule has 1 N–H and O–H groups in total. The van der Waals surface area contributed by atoms with Gasteiger partial charge in [-0.25, -0.2) is 0 Å². The van der Waals surface area contributed by atoms with Crippen LogP contribution in [0.4, 0.5) is 0 Å². The molecule has 0 aliphatic carbocycles. The van der Waals surface area contributed by atoms with Crippen LogP contribution in [-0.2, 0) is 4.74 Å². The average molecular weight is 325 g/mol. The van der Waals surface area contributed by atoms with Gasteiger partial charge < -0.3 is 9.84 Å². The van der Waals surface area contributed by atoms with Gasteiger partial charge in [0.15, 0.2) is 0 Å². The van der Waals surface area contributed by atoms with Crippen molar-refractivity contribution in [3.63, 3.8) is 0 Å². The minimum absolute atomic E-state index is 0.182. The lowest BCUT2D eigenvalue weighted by Crippen LogP contribution is -1.92. The van der Waals surface area contributed by atoms with E-state index in [0.717, 1.165) is 12.0 Å². The first-order valence-electron chi connectivity index (χ1n) is 7.42. The van der Waals surface area contributed by atoms with Gasteiger partial charge in [-0.3, -0.25) is 4.99 Å². The second-order valence-electron chi connectivity index (χ2n) is 4.20. The Hall–Kier alpha value is -2.99. The summed E-state index contributed by atoms with van der Waals surface area (Å²) in [5.41, 5.74) is 2.02. The van der Waals surface area contributed by atoms with E-state index in [9.17, 15) is 5.11 Å². The van der Waals surface area contributed by atoms with Gasteiger partial charge in [-0.2, -0.15) is 0 Å². The normalized spacial score (nSPS) is 13.5. The molecule has 0 saturated carbocycles. The maximum Gasteiger partial charge on any atom is 0.120 e. The van der Waals surface area contributed by atoms with Crippen LogP contribution in [0.25, 0.3) is 0 Å². The minimum atomic E-state index is 0.182. The standard InChI is InChI=1S/C19H25NO2.C2H2/c1-6-10-16(9-4)15-20-18(13-14-22-5)17(11-7-2)19(21)12-8-3;1-2/h6-7,9-15,21H,1,4,8H2,2-3,5H3;1-2H/b11-7-,14-13+,16-10+,18-17-,19-12+,20-15+;. The lowest BCUT2D eigenvalue weighted by atomic mass is 10.1. The second-order valence-corrected chi connectivity index (χ2v) is 4.20. The zero-order valence-electron chi connectivity index (χ0n) is 14.8. The summed E-state index contributed by atoms with van der Waals surface area (Å²) >= 11 is 0. The number of aliphatic hydroxyl groups is 1. The van der Waals surface area contributed by atoms with E-state index in [1.165, 1.54) is 6.26 Å². The first kappa shape index (κ1) is 23.3. The van der Waals surface area contributed by atoms with Gasteiger partial charge >= 0.3 is 0 Å². The van der Waals surface area contributed by atoms with Crippen molar-refractivity contribution in [3.8, 4) is 12.8 Å². The fourth-order valence-corrected chi connectivity index (χ4v) is 1.55. The maximum absolute atomic E-state index is 10.2. The van der Waals surface area contributed by atoms with Crippen LogP contribution in [0.5, 0.6) is 0 Å². The molecule has 3 heteroatoms. The molecule has 128 valence electrons. The van der Waals surface area contributed by atoms with Crippen LogP contribution < -0.4 is 0 Å². The Kier molecular flexibility index (Phi) is 15.9. The maximum atomic E-state index is 10.2. The summed E-state index contributed by atoms with van der Waals surface area (Å²) in [6.07, 6.45) is 24.1. The van der Waals surface area contributed by atoms with E-state index in [-0.39, 0.29) is 5.76 Å². The molecule has 24 heavy (non-hydrogen) atoms. The first-order chi connectivity index (χ1) is 11.6. The molecule has 0 fully saturated rings. The van der Waals surface area contributed by atoms with Gasteiger partial charge in [0, 0.05) is 11.8 Å². The summed E-state index contributed by atoms with van der Waals surface area (Å²) in [4.78, 5) is 4.42. The number of methoxy groups -OCH3 is 1. The zero-order chi connectivity index (χ0) is 18.8. The number of aliphatic imine (C=N–C) groups is 1. The molecule has 0 radical (unpaired) electrons. The zero-order valence-corrected chi connectivity index (χ0v) is 14.8. The molecule has 0 aromatic rings. The third kappa shape index (κ3) is 9.86. The summed E-state index contributed by atoms with van der Waals surface area (Å²) in [7, 11) is 1.56. The Morgan fingerprint density at radius 1 is 1.25 bits per heavy atom. The molecular weight excluding hydrogens is 298 g/mol. The van der Waals surface area contributed by atoms with Crippen molar-refractivity contribution in [2.45, 2.75) is 20.3 Å². The molecule has 0 aliphatic heterocycles. The van der Waals surface area contributed by atoms with Crippen LogP contribution in [0, 0.1) is 12.8 Å². The molecule has 0 amide bonds. The lowest BCUT2D eigenvalue weighted by molar-refractivity contribution is 0.337. The Labute approximate surface area is 146 Å². The molecule has 0 unspecified atom stereocenters. The van der Waals surface area contributed by atoms with Crippen LogP contribution in [0.15, 0.2) is 89.5 Å². The van der Waals surface area contributed by atoms with Crippen molar-refractivity contribution in [2.75, 3.05) is 7.11 Å². The van der Waals surface area contributed by atoms with E-state index in [2.05, 4.69) is 31.0 Å². The van der Waals surface area contributed by atoms with Crippen LogP contribution >= 0.6 is 0 Å². The summed E-state index contributed by atoms with van der Waals surface area (Å²) in [6.45, 7) is 11.2. The summed E-state index contributed by atoms with van der Waals surface area (Å²) in [5.74, 6) is 0.182. The van der Waals surface area contributed by atoms with Crippen LogP contribution in [0.2, 0.25) is 0 Å². The molecule has 0 bridgehead atoms. The molecule has 0 saturated heterocycles. The van der Waals surface area contributed by atoms with Crippen molar-refractivity contribution < 1.29 is 9.84 Å². The summed E-state index contributed by atoms with van der Waals surface area (Å²) < 4.78 is 4.96. The van der Waals surface area contributed by atoms with Gasteiger partial charge in [0.25, 0.3) is 0 Å². The van der Waals surface area contributed by atoms with Crippen LogP contribution in [-0.4, -0.2) is 18.4 Å². The van der Waals surface area contributed by atoms with E-state index >= 15 is 0 Å². The van der Waals surface area contributed by atoms with Crippen molar-refractivity contribution in [1.29, 1.82) is 0 Å². The molecule has 0 aromatic heterocycles. The highest BCUT2D eigenvalue weighted by molar-refractivity contribution is 5.83. The number of terminal acetylenes is 1. The Morgan fingerprint density at radius 3 is 2.38 bits per heavy atom. The number of nitrogens with zero attached hydrogens (tertiary/aromatic N) is 1. The van der Waals surface area contributed by atoms with Crippen LogP contribution in [0.3, 0.4) is 0 Å². The monoisotopic (exact) mass is 325 g/mol. The fraction of sp³-hybridized carbons (Fsp3) is 0.190. The largest absolute Gasteiger partial charge is 0.508 e. The van der Waals surface area contributed by atoms with E-state index < -0.39 is 0 Å². The number of aliphatic hydroxyl groups excluding tert-OH is 1. The first-order valence-corrected chi connectivity index (χ1v) is 7.42. The molecule has 0 spiro atoms. The van der Waals surface area contributed by atoms with Gasteiger partial charge in [0.2, 0.25) is 0 Å². The van der Waals surface area contributed by atoms with Gasteiger partial charge in [0.1, 0.15) is 5.76 Å². The van der Waals surface area contributed by atoms with Crippen LogP contribution in [0.1, 0.15) is 20.3 Å². The predicted octanol–water partition coefficient (Wildman–Crippen LogP) is 5.45. The number of ether oxygens (including phenoxy) is 1. The number of hydrogen-bond acceptors (Lipinski definition) is 3. The van der Waals surface area contributed by atoms with Gasteiger partial charge in [0.05, 0.1) is 19.1 Å². The van der Waals surface area contributed by atoms with Crippen molar-refractivity contribution in [3.05, 3.63) is 84.6 Å². The smallest absolute Gasteiger partial charge is 0.120 e. The van der Waals surface area contributed by atoms with Gasteiger partial charge in [-0.05, 0) is 31.1 Å². The van der Waals surface area contributed by atoms with E-state index in [1.54, 1.807) is 49.8 Å². The number of rotatable bonds is 9. The highest BCUT2D eigenvalue weighted by Crippen LogP contribution is 2.18. The van der Waals surface area contributed by atoms with Crippen molar-refractivity contribution in [1.82, 2.24) is 0 Å². The molecule has 3 nitrogen and oxygen atoms in total. The lowest BCUT2D eigenvalue weighted by Gasteiger charge is -2.05. The number of hydrogen-bond donors (Lipinski definition) is 1. The molecule has 0 aromatic carbocycles. The Balaban J connectivity index is 0. The summed E-state index contributed by atoms with van der Waals surface area (Å²) in [5, 5.41) is 10.2. The quantitative estimate of drug-likeness (QED) is 0.265. The highest BCUT2D eigenvalue weighted by atomic mass is 16.5. The Morgan fingerprint density at radius 2 is 1.92 bits per heavy atom. The molecule has 0 heterocycles. The minimum Gasteiger partial charge on any atom is -0.508 e. The van der Waals surface area contributed by atoms with Crippen molar-refractivity contribution in [2.24, 2.45) is 4.99 Å². The molecule has 0 rings (SSSR count). The second kappa shape index (κ2) is 16.4. The summed E-state index contributed by atoms with van der Waals surface area (Å²) in [6, 6.07) is 0. The van der Waals surface area contributed by atoms with E-state index in [1.807, 2.05) is 19.9 Å². The molecular formula is C21H27NO2. The highest BCUT2D eigenvalue weighted by Gasteiger charge is 2.05. The van der Waals surface area contributed by atoms with E-state index in [4.69, 9.17) is 4.74 Å². The third-order valence-corrected chi connectivity index (χ3v) is 2.54. The van der Waals surface area contributed by atoms with Gasteiger partial charge in [-0.15, -0.1) is 12.8 Å². The fourth-order valence-electron chi connectivity index (χ4n) is 1.55. The molecule has 0 aliphatic rings. The van der Waals surface area contributed by atoms with Crippen molar-refractivity contribution >= 4 is 6.21 Å². The third-order valence-electron chi connectivity index (χ3n) is 2.54. The molecule has 0 atom stereocenters. The van der Waals surface area contributed by atoms with E-state index in [0.29, 0.717) is 11.3 Å².